The van der Waals surface area contributed by atoms with Crippen molar-refractivity contribution in [2.75, 3.05) is 0 Å². The Morgan fingerprint density at radius 3 is 2.71 bits per heavy atom. The number of alkyl halides is 1. The molecule has 0 N–H and O–H groups in total. The maximum atomic E-state index is 11.7. The van der Waals surface area contributed by atoms with E-state index in [0.29, 0.717) is 0 Å². The third kappa shape index (κ3) is 3.06. The van der Waals surface area contributed by atoms with E-state index in [2.05, 4.69) is 10.0 Å². The van der Waals surface area contributed by atoms with Crippen LogP contribution < -0.4 is 0 Å². The second-order valence-corrected chi connectivity index (χ2v) is 1.05. The normalized spacial score (nSPS) is 12.3. The van der Waals surface area contributed by atoms with Crippen LogP contribution in [0.15, 0.2) is 5.11 Å². The van der Waals surface area contributed by atoms with Crippen molar-refractivity contribution < 1.29 is 4.39 Å². The quantitative estimate of drug-likeness (QED) is 0.222. The molecule has 0 amide bonds. The summed E-state index contributed by atoms with van der Waals surface area (Å²) in [6.45, 7) is 1.61. The molecule has 0 heterocycles. The van der Waals surface area contributed by atoms with Gasteiger partial charge in [0.25, 0.3) is 0 Å². The lowest BCUT2D eigenvalue weighted by atomic mass is 10.5. The van der Waals surface area contributed by atoms with Gasteiger partial charge in [0.15, 0.2) is 6.30 Å². The van der Waals surface area contributed by atoms with Crippen LogP contribution in [0.4, 0.5) is 4.39 Å². The molecule has 0 bridgehead atoms. The number of hydrogen-bond acceptors (Lipinski definition) is 1. The summed E-state index contributed by atoms with van der Waals surface area (Å²) < 4.78 is 11.7. The van der Waals surface area contributed by atoms with E-state index in [1.807, 2.05) is 0 Å². The molecule has 0 aliphatic rings. The zero-order valence-electron chi connectivity index (χ0n) is 4.00. The molecule has 4 heteroatoms. The van der Waals surface area contributed by atoms with Crippen LogP contribution in [-0.4, -0.2) is 6.30 Å². The predicted octanol–water partition coefficient (Wildman–Crippen LogP) is 2.00. The van der Waals surface area contributed by atoms with E-state index < -0.39 is 6.30 Å². The summed E-state index contributed by atoms with van der Waals surface area (Å²) in [5.74, 6) is 0. The van der Waals surface area contributed by atoms with Crippen molar-refractivity contribution in [3.8, 4) is 0 Å². The van der Waals surface area contributed by atoms with Gasteiger partial charge in [0, 0.05) is 4.91 Å². The van der Waals surface area contributed by atoms with E-state index in [0.717, 1.165) is 0 Å². The number of halogens is 1. The topological polar surface area (TPSA) is 48.8 Å². The molecule has 40 valence electrons. The van der Waals surface area contributed by atoms with Crippen LogP contribution in [0.25, 0.3) is 10.4 Å². The molecular weight excluding hydrogens is 97.1 g/mol. The van der Waals surface area contributed by atoms with Crippen LogP contribution in [0.1, 0.15) is 13.3 Å². The Labute approximate surface area is 40.8 Å². The van der Waals surface area contributed by atoms with Crippen LogP contribution in [0, 0.1) is 0 Å². The Balaban J connectivity index is 3.35. The summed E-state index contributed by atoms with van der Waals surface area (Å²) in [4.78, 5) is 2.26. The maximum absolute atomic E-state index is 11.7. The Bertz CT molecular complexity index is 86.2. The Morgan fingerprint density at radius 1 is 2.00 bits per heavy atom. The van der Waals surface area contributed by atoms with E-state index in [9.17, 15) is 4.39 Å². The number of hydrogen-bond donors (Lipinski definition) is 0. The van der Waals surface area contributed by atoms with E-state index in [4.69, 9.17) is 5.53 Å². The molecular formula is C3H6FN3. The van der Waals surface area contributed by atoms with Crippen molar-refractivity contribution in [2.24, 2.45) is 5.11 Å². The molecule has 0 saturated heterocycles. The lowest BCUT2D eigenvalue weighted by Gasteiger charge is -1.87. The van der Waals surface area contributed by atoms with Gasteiger partial charge in [-0.2, -0.15) is 0 Å². The molecule has 3 nitrogen and oxygen atoms in total. The smallest absolute Gasteiger partial charge is 0.178 e. The fourth-order valence-corrected chi connectivity index (χ4v) is 0.138. The van der Waals surface area contributed by atoms with Gasteiger partial charge in [0.2, 0.25) is 0 Å². The van der Waals surface area contributed by atoms with Gasteiger partial charge in [-0.1, -0.05) is 12.0 Å². The molecule has 0 radical (unpaired) electrons. The van der Waals surface area contributed by atoms with Gasteiger partial charge in [0.1, 0.15) is 0 Å². The molecule has 0 saturated carbocycles. The van der Waals surface area contributed by atoms with Crippen molar-refractivity contribution in [3.63, 3.8) is 0 Å². The minimum absolute atomic E-state index is 0.254. The Kier molecular flexibility index (Phi) is 3.06. The monoisotopic (exact) mass is 103 g/mol. The first-order valence-electron chi connectivity index (χ1n) is 1.99. The summed E-state index contributed by atoms with van der Waals surface area (Å²) >= 11 is 0. The molecule has 0 aromatic rings. The number of rotatable bonds is 2. The highest BCUT2D eigenvalue weighted by Gasteiger charge is 1.93. The van der Waals surface area contributed by atoms with Gasteiger partial charge in [-0.3, -0.25) is 0 Å². The first kappa shape index (κ1) is 6.24. The van der Waals surface area contributed by atoms with Gasteiger partial charge in [-0.25, -0.2) is 4.39 Å². The molecule has 0 aliphatic carbocycles. The predicted molar refractivity (Wildman–Crippen MR) is 24.3 cm³/mol. The van der Waals surface area contributed by atoms with Gasteiger partial charge in [-0.15, -0.1) is 0 Å². The van der Waals surface area contributed by atoms with Crippen LogP contribution >= 0.6 is 0 Å². The highest BCUT2D eigenvalue weighted by Crippen LogP contribution is 1.96. The molecule has 0 rings (SSSR count). The lowest BCUT2D eigenvalue weighted by molar-refractivity contribution is 0.334. The van der Waals surface area contributed by atoms with E-state index >= 15 is 0 Å². The zero-order valence-corrected chi connectivity index (χ0v) is 4.00. The Morgan fingerprint density at radius 2 is 2.57 bits per heavy atom. The minimum atomic E-state index is -1.34. The first-order valence-corrected chi connectivity index (χ1v) is 1.99. The SMILES string of the molecule is CCC(F)N=[N+]=[N-]. The molecule has 7 heavy (non-hydrogen) atoms. The Hall–Kier alpha value is -0.760. The summed E-state index contributed by atoms with van der Waals surface area (Å²) in [5, 5.41) is 2.76. The second-order valence-electron chi connectivity index (χ2n) is 1.05. The van der Waals surface area contributed by atoms with Gasteiger partial charge >= 0.3 is 0 Å². The van der Waals surface area contributed by atoms with Gasteiger partial charge in [-0.05, 0) is 12.0 Å². The van der Waals surface area contributed by atoms with Gasteiger partial charge < -0.3 is 0 Å². The molecule has 0 fully saturated rings. The molecule has 1 unspecified atom stereocenters. The fraction of sp³-hybridized carbons (Fsp3) is 1.00. The first-order chi connectivity index (χ1) is 3.31. The van der Waals surface area contributed by atoms with Crippen LogP contribution in [0.2, 0.25) is 0 Å². The van der Waals surface area contributed by atoms with E-state index in [1.54, 1.807) is 6.92 Å². The molecule has 0 aliphatic heterocycles. The summed E-state index contributed by atoms with van der Waals surface area (Å²) in [6.07, 6.45) is -1.09. The summed E-state index contributed by atoms with van der Waals surface area (Å²) in [7, 11) is 0. The van der Waals surface area contributed by atoms with E-state index in [1.165, 1.54) is 0 Å². The molecule has 0 aromatic heterocycles. The molecule has 0 spiro atoms. The summed E-state index contributed by atoms with van der Waals surface area (Å²) in [5.41, 5.74) is 7.59. The van der Waals surface area contributed by atoms with Crippen molar-refractivity contribution >= 4 is 0 Å². The van der Waals surface area contributed by atoms with Crippen LogP contribution in [0.3, 0.4) is 0 Å². The highest BCUT2D eigenvalue weighted by atomic mass is 19.1. The highest BCUT2D eigenvalue weighted by molar-refractivity contribution is 4.48. The van der Waals surface area contributed by atoms with Crippen molar-refractivity contribution in [2.45, 2.75) is 19.6 Å². The fourth-order valence-electron chi connectivity index (χ4n) is 0.138. The third-order valence-electron chi connectivity index (χ3n) is 0.514. The maximum Gasteiger partial charge on any atom is 0.178 e. The van der Waals surface area contributed by atoms with Crippen molar-refractivity contribution in [3.05, 3.63) is 10.4 Å². The molecule has 0 aromatic carbocycles. The van der Waals surface area contributed by atoms with Crippen molar-refractivity contribution in [1.29, 1.82) is 0 Å². The number of nitrogens with zero attached hydrogens (tertiary/aromatic N) is 3. The lowest BCUT2D eigenvalue weighted by Crippen LogP contribution is -1.86. The average Bonchev–Trinajstić information content (AvgIpc) is 1.68. The second kappa shape index (κ2) is 3.43. The standard InChI is InChI=1S/C3H6FN3/c1-2-3(4)6-7-5/h3H,2H2,1H3. The zero-order chi connectivity index (χ0) is 5.70. The number of azide groups is 1. The molecule has 1 atom stereocenters. The average molecular weight is 103 g/mol. The minimum Gasteiger partial charge on any atom is -0.241 e. The summed E-state index contributed by atoms with van der Waals surface area (Å²) in [6, 6.07) is 0. The van der Waals surface area contributed by atoms with Gasteiger partial charge in [0.05, 0.1) is 0 Å². The van der Waals surface area contributed by atoms with E-state index in [-0.39, 0.29) is 6.42 Å². The van der Waals surface area contributed by atoms with Crippen molar-refractivity contribution in [1.82, 2.24) is 0 Å². The largest absolute Gasteiger partial charge is 0.241 e. The van der Waals surface area contributed by atoms with Crippen LogP contribution in [-0.2, 0) is 0 Å². The van der Waals surface area contributed by atoms with Crippen LogP contribution in [0.5, 0.6) is 0 Å². The third-order valence-corrected chi connectivity index (χ3v) is 0.514.